The summed E-state index contributed by atoms with van der Waals surface area (Å²) >= 11 is 0. The first-order chi connectivity index (χ1) is 7.58. The maximum absolute atomic E-state index is 9.31. The molecule has 0 aliphatic heterocycles. The zero-order chi connectivity index (χ0) is 11.6. The molecule has 1 aliphatic carbocycles. The van der Waals surface area contributed by atoms with Crippen molar-refractivity contribution in [3.63, 3.8) is 0 Å². The summed E-state index contributed by atoms with van der Waals surface area (Å²) in [6, 6.07) is 7.71. The Balaban J connectivity index is 2.07. The molecule has 0 heterocycles. The average Bonchev–Trinajstić information content (AvgIpc) is 2.70. The lowest BCUT2D eigenvalue weighted by molar-refractivity contribution is 0.364. The van der Waals surface area contributed by atoms with Gasteiger partial charge in [-0.1, -0.05) is 51.7 Å². The molecule has 16 heavy (non-hydrogen) atoms. The molecule has 1 heteroatoms. The molecule has 0 aromatic heterocycles. The Morgan fingerprint density at radius 1 is 1.12 bits per heavy atom. The van der Waals surface area contributed by atoms with Crippen molar-refractivity contribution in [2.24, 2.45) is 5.92 Å². The molecule has 1 saturated carbocycles. The third-order valence-corrected chi connectivity index (χ3v) is 3.92. The summed E-state index contributed by atoms with van der Waals surface area (Å²) in [7, 11) is 0. The van der Waals surface area contributed by atoms with E-state index in [-0.39, 0.29) is 5.41 Å². The minimum absolute atomic E-state index is 0.239. The molecule has 1 aromatic carbocycles. The SMILES string of the molecule is CC(C)(CC1CCCC1)c1ccc(O)cc1. The minimum atomic E-state index is 0.239. The second-order valence-corrected chi connectivity index (χ2v) is 5.79. The van der Waals surface area contributed by atoms with Gasteiger partial charge in [-0.25, -0.2) is 0 Å². The van der Waals surface area contributed by atoms with Crippen molar-refractivity contribution < 1.29 is 5.11 Å². The molecule has 1 N–H and O–H groups in total. The predicted octanol–water partition coefficient (Wildman–Crippen LogP) is 4.25. The van der Waals surface area contributed by atoms with Crippen LogP contribution in [0, 0.1) is 5.92 Å². The van der Waals surface area contributed by atoms with Gasteiger partial charge in [0.15, 0.2) is 0 Å². The second kappa shape index (κ2) is 4.48. The Morgan fingerprint density at radius 3 is 2.25 bits per heavy atom. The van der Waals surface area contributed by atoms with E-state index in [1.54, 1.807) is 12.1 Å². The minimum Gasteiger partial charge on any atom is -0.508 e. The van der Waals surface area contributed by atoms with E-state index in [9.17, 15) is 5.11 Å². The van der Waals surface area contributed by atoms with Gasteiger partial charge in [0, 0.05) is 0 Å². The molecule has 88 valence electrons. The summed E-state index contributed by atoms with van der Waals surface area (Å²) in [6.45, 7) is 4.63. The van der Waals surface area contributed by atoms with Crippen molar-refractivity contribution >= 4 is 0 Å². The van der Waals surface area contributed by atoms with E-state index in [4.69, 9.17) is 0 Å². The molecular formula is C15H22O. The standard InChI is InChI=1S/C15H22O/c1-15(2,11-12-5-3-4-6-12)13-7-9-14(16)10-8-13/h7-10,12,16H,3-6,11H2,1-2H3. The zero-order valence-electron chi connectivity index (χ0n) is 10.4. The third kappa shape index (κ3) is 2.58. The largest absolute Gasteiger partial charge is 0.508 e. The molecule has 0 amide bonds. The average molecular weight is 218 g/mol. The summed E-state index contributed by atoms with van der Waals surface area (Å²) in [5.74, 6) is 1.27. The molecule has 0 radical (unpaired) electrons. The normalized spacial score (nSPS) is 17.9. The fraction of sp³-hybridized carbons (Fsp3) is 0.600. The molecule has 0 spiro atoms. The van der Waals surface area contributed by atoms with Crippen LogP contribution < -0.4 is 0 Å². The van der Waals surface area contributed by atoms with E-state index in [0.29, 0.717) is 5.75 Å². The van der Waals surface area contributed by atoms with Crippen LogP contribution in [0.5, 0.6) is 5.75 Å². The predicted molar refractivity (Wildman–Crippen MR) is 67.7 cm³/mol. The van der Waals surface area contributed by atoms with Gasteiger partial charge >= 0.3 is 0 Å². The van der Waals surface area contributed by atoms with Gasteiger partial charge in [0.05, 0.1) is 0 Å². The second-order valence-electron chi connectivity index (χ2n) is 5.79. The van der Waals surface area contributed by atoms with Crippen LogP contribution in [0.2, 0.25) is 0 Å². The van der Waals surface area contributed by atoms with Crippen molar-refractivity contribution in [1.29, 1.82) is 0 Å². The van der Waals surface area contributed by atoms with E-state index in [0.717, 1.165) is 5.92 Å². The van der Waals surface area contributed by atoms with E-state index in [1.807, 2.05) is 0 Å². The number of benzene rings is 1. The van der Waals surface area contributed by atoms with Crippen LogP contribution in [0.3, 0.4) is 0 Å². The summed E-state index contributed by atoms with van der Waals surface area (Å²) in [4.78, 5) is 0. The molecule has 2 rings (SSSR count). The van der Waals surface area contributed by atoms with Gasteiger partial charge in [-0.2, -0.15) is 0 Å². The van der Waals surface area contributed by atoms with Crippen molar-refractivity contribution in [2.45, 2.75) is 51.4 Å². The van der Waals surface area contributed by atoms with Gasteiger partial charge in [-0.15, -0.1) is 0 Å². The summed E-state index contributed by atoms with van der Waals surface area (Å²) in [6.07, 6.45) is 6.91. The van der Waals surface area contributed by atoms with Crippen molar-refractivity contribution in [3.05, 3.63) is 29.8 Å². The number of hydrogen-bond acceptors (Lipinski definition) is 1. The van der Waals surface area contributed by atoms with Crippen LogP contribution in [-0.2, 0) is 5.41 Å². The fourth-order valence-electron chi connectivity index (χ4n) is 2.97. The van der Waals surface area contributed by atoms with Crippen LogP contribution >= 0.6 is 0 Å². The Kier molecular flexibility index (Phi) is 3.22. The van der Waals surface area contributed by atoms with Crippen LogP contribution in [-0.4, -0.2) is 5.11 Å². The van der Waals surface area contributed by atoms with Gasteiger partial charge in [-0.3, -0.25) is 0 Å². The number of phenols is 1. The highest BCUT2D eigenvalue weighted by molar-refractivity contribution is 5.30. The first kappa shape index (κ1) is 11.5. The molecule has 1 aromatic rings. The number of aromatic hydroxyl groups is 1. The molecule has 1 nitrogen and oxygen atoms in total. The summed E-state index contributed by atoms with van der Waals surface area (Å²) in [5, 5.41) is 9.31. The number of phenolic OH excluding ortho intramolecular Hbond substituents is 1. The Morgan fingerprint density at radius 2 is 1.69 bits per heavy atom. The Bertz CT molecular complexity index is 331. The molecule has 0 saturated heterocycles. The first-order valence-corrected chi connectivity index (χ1v) is 6.37. The van der Waals surface area contributed by atoms with Gasteiger partial charge in [-0.05, 0) is 35.4 Å². The molecule has 0 unspecified atom stereocenters. The van der Waals surface area contributed by atoms with Crippen LogP contribution in [0.25, 0.3) is 0 Å². The lowest BCUT2D eigenvalue weighted by atomic mass is 9.76. The topological polar surface area (TPSA) is 20.2 Å². The maximum atomic E-state index is 9.31. The van der Waals surface area contributed by atoms with Crippen molar-refractivity contribution in [1.82, 2.24) is 0 Å². The van der Waals surface area contributed by atoms with Crippen LogP contribution in [0.1, 0.15) is 51.5 Å². The lowest BCUT2D eigenvalue weighted by Gasteiger charge is -2.28. The Labute approximate surface area is 98.5 Å². The summed E-state index contributed by atoms with van der Waals surface area (Å²) in [5.41, 5.74) is 1.58. The van der Waals surface area contributed by atoms with Crippen molar-refractivity contribution in [3.8, 4) is 5.75 Å². The van der Waals surface area contributed by atoms with E-state index in [2.05, 4.69) is 26.0 Å². The van der Waals surface area contributed by atoms with Crippen molar-refractivity contribution in [2.75, 3.05) is 0 Å². The first-order valence-electron chi connectivity index (χ1n) is 6.37. The van der Waals surface area contributed by atoms with Gasteiger partial charge in [0.25, 0.3) is 0 Å². The van der Waals surface area contributed by atoms with Crippen LogP contribution in [0.15, 0.2) is 24.3 Å². The lowest BCUT2D eigenvalue weighted by Crippen LogP contribution is -2.20. The number of rotatable bonds is 3. The van der Waals surface area contributed by atoms with Crippen LogP contribution in [0.4, 0.5) is 0 Å². The highest BCUT2D eigenvalue weighted by Crippen LogP contribution is 2.37. The smallest absolute Gasteiger partial charge is 0.115 e. The maximum Gasteiger partial charge on any atom is 0.115 e. The van der Waals surface area contributed by atoms with Gasteiger partial charge in [0.1, 0.15) is 5.75 Å². The molecule has 1 aliphatic rings. The van der Waals surface area contributed by atoms with E-state index in [1.165, 1.54) is 37.7 Å². The summed E-state index contributed by atoms with van der Waals surface area (Å²) < 4.78 is 0. The highest BCUT2D eigenvalue weighted by Gasteiger charge is 2.26. The molecule has 0 bridgehead atoms. The highest BCUT2D eigenvalue weighted by atomic mass is 16.3. The monoisotopic (exact) mass is 218 g/mol. The van der Waals surface area contributed by atoms with E-state index >= 15 is 0 Å². The third-order valence-electron chi connectivity index (χ3n) is 3.92. The fourth-order valence-corrected chi connectivity index (χ4v) is 2.97. The van der Waals surface area contributed by atoms with Gasteiger partial charge < -0.3 is 5.11 Å². The number of hydrogen-bond donors (Lipinski definition) is 1. The Hall–Kier alpha value is -0.980. The molecule has 0 atom stereocenters. The molecular weight excluding hydrogens is 196 g/mol. The zero-order valence-corrected chi connectivity index (χ0v) is 10.4. The quantitative estimate of drug-likeness (QED) is 0.804. The van der Waals surface area contributed by atoms with E-state index < -0.39 is 0 Å². The van der Waals surface area contributed by atoms with Gasteiger partial charge in [0.2, 0.25) is 0 Å². The molecule has 1 fully saturated rings.